The van der Waals surface area contributed by atoms with Crippen LogP contribution >= 0.6 is 11.8 Å². The van der Waals surface area contributed by atoms with Gasteiger partial charge in [-0.2, -0.15) is 11.8 Å². The predicted octanol–water partition coefficient (Wildman–Crippen LogP) is 1.37. The molecule has 1 rings (SSSR count). The highest BCUT2D eigenvalue weighted by Crippen LogP contribution is 2.41. The van der Waals surface area contributed by atoms with Crippen molar-refractivity contribution >= 4 is 17.7 Å². The summed E-state index contributed by atoms with van der Waals surface area (Å²) in [4.78, 5) is 11.4. The topological polar surface area (TPSA) is 66.8 Å². The van der Waals surface area contributed by atoms with Crippen LogP contribution in [0.2, 0.25) is 0 Å². The molecule has 0 spiro atoms. The second-order valence-electron chi connectivity index (χ2n) is 5.06. The van der Waals surface area contributed by atoms with E-state index >= 15 is 0 Å². The molecule has 0 saturated carbocycles. The van der Waals surface area contributed by atoms with Gasteiger partial charge in [0.15, 0.2) is 5.60 Å². The minimum atomic E-state index is -1.07. The fraction of sp³-hybridized carbons (Fsp3) is 0.909. The van der Waals surface area contributed by atoms with E-state index in [9.17, 15) is 9.90 Å². The van der Waals surface area contributed by atoms with Crippen molar-refractivity contribution in [3.05, 3.63) is 0 Å². The number of ether oxygens (including phenoxy) is 1. The van der Waals surface area contributed by atoms with Crippen LogP contribution in [-0.2, 0) is 9.53 Å². The Labute approximate surface area is 100 Å². The monoisotopic (exact) mass is 248 g/mol. The minimum Gasteiger partial charge on any atom is -0.479 e. The first-order chi connectivity index (χ1) is 7.42. The van der Waals surface area contributed by atoms with E-state index in [2.05, 4.69) is 13.8 Å². The number of hydrogen-bond donors (Lipinski definition) is 2. The molecule has 0 aromatic carbocycles. The molecular weight excluding hydrogens is 228 g/mol. The van der Waals surface area contributed by atoms with E-state index in [0.29, 0.717) is 25.2 Å². The molecule has 2 N–H and O–H groups in total. The van der Waals surface area contributed by atoms with Crippen LogP contribution in [0.1, 0.15) is 26.7 Å². The molecule has 5 heteroatoms. The van der Waals surface area contributed by atoms with Gasteiger partial charge in [0.05, 0.1) is 6.61 Å². The van der Waals surface area contributed by atoms with E-state index in [0.717, 1.165) is 5.75 Å². The van der Waals surface area contributed by atoms with Crippen LogP contribution in [0.4, 0.5) is 0 Å². The average Bonchev–Trinajstić information content (AvgIpc) is 2.16. The van der Waals surface area contributed by atoms with E-state index in [4.69, 9.17) is 9.84 Å². The Bertz CT molecular complexity index is 254. The average molecular weight is 248 g/mol. The molecule has 1 aliphatic heterocycles. The number of aliphatic hydroxyl groups excluding tert-OH is 1. The number of carbonyl (C=O) groups is 1. The molecule has 1 atom stereocenters. The lowest BCUT2D eigenvalue weighted by atomic mass is 9.81. The lowest BCUT2D eigenvalue weighted by Gasteiger charge is -2.41. The summed E-state index contributed by atoms with van der Waals surface area (Å²) in [6, 6.07) is 0. The summed E-state index contributed by atoms with van der Waals surface area (Å²) in [7, 11) is 0. The molecule has 0 bridgehead atoms. The van der Waals surface area contributed by atoms with Crippen LogP contribution in [0.5, 0.6) is 0 Å². The number of rotatable bonds is 5. The van der Waals surface area contributed by atoms with Crippen LogP contribution in [0, 0.1) is 5.41 Å². The van der Waals surface area contributed by atoms with Gasteiger partial charge in [0.1, 0.15) is 0 Å². The first-order valence-electron chi connectivity index (χ1n) is 5.48. The number of carboxylic acids is 1. The van der Waals surface area contributed by atoms with Crippen LogP contribution in [0.25, 0.3) is 0 Å². The summed E-state index contributed by atoms with van der Waals surface area (Å²) in [6.45, 7) is 4.46. The molecule has 0 aliphatic carbocycles. The highest BCUT2D eigenvalue weighted by atomic mass is 32.2. The first kappa shape index (κ1) is 13.8. The Balaban J connectivity index is 2.68. The molecule has 94 valence electrons. The molecule has 1 fully saturated rings. The highest BCUT2D eigenvalue weighted by Gasteiger charge is 2.47. The summed E-state index contributed by atoms with van der Waals surface area (Å²) in [5.74, 6) is 0.577. The fourth-order valence-corrected chi connectivity index (χ4v) is 3.39. The molecule has 0 aromatic rings. The minimum absolute atomic E-state index is 0.0134. The standard InChI is InChI=1S/C11H20O4S/c1-10(2)6-11(9(13)14,8-16-7-10)15-5-3-4-12/h12H,3-8H2,1-2H3,(H,13,14). The smallest absolute Gasteiger partial charge is 0.336 e. The zero-order chi connectivity index (χ0) is 12.2. The Morgan fingerprint density at radius 1 is 1.44 bits per heavy atom. The normalized spacial score (nSPS) is 28.9. The van der Waals surface area contributed by atoms with Gasteiger partial charge in [-0.3, -0.25) is 0 Å². The van der Waals surface area contributed by atoms with Gasteiger partial charge in [0, 0.05) is 12.4 Å². The number of carboxylic acid groups (broad SMARTS) is 1. The largest absolute Gasteiger partial charge is 0.479 e. The van der Waals surface area contributed by atoms with Gasteiger partial charge >= 0.3 is 5.97 Å². The van der Waals surface area contributed by atoms with Gasteiger partial charge in [0.2, 0.25) is 0 Å². The van der Waals surface area contributed by atoms with Crippen molar-refractivity contribution in [2.75, 3.05) is 24.7 Å². The molecule has 1 heterocycles. The van der Waals surface area contributed by atoms with Gasteiger partial charge in [-0.25, -0.2) is 4.79 Å². The van der Waals surface area contributed by atoms with Crippen molar-refractivity contribution in [2.45, 2.75) is 32.3 Å². The quantitative estimate of drug-likeness (QED) is 0.719. The number of aliphatic hydroxyl groups is 1. The van der Waals surface area contributed by atoms with Gasteiger partial charge < -0.3 is 14.9 Å². The molecule has 1 saturated heterocycles. The summed E-state index contributed by atoms with van der Waals surface area (Å²) in [5, 5.41) is 18.0. The summed E-state index contributed by atoms with van der Waals surface area (Å²) < 4.78 is 5.53. The first-order valence-corrected chi connectivity index (χ1v) is 6.63. The summed E-state index contributed by atoms with van der Waals surface area (Å²) in [5.41, 5.74) is -1.08. The van der Waals surface area contributed by atoms with Crippen LogP contribution in [-0.4, -0.2) is 46.5 Å². The Hall–Kier alpha value is -0.260. The van der Waals surface area contributed by atoms with Gasteiger partial charge in [0.25, 0.3) is 0 Å². The molecule has 4 nitrogen and oxygen atoms in total. The number of thioether (sulfide) groups is 1. The van der Waals surface area contributed by atoms with Gasteiger partial charge in [-0.05, 0) is 24.0 Å². The molecular formula is C11H20O4S. The van der Waals surface area contributed by atoms with Crippen molar-refractivity contribution in [2.24, 2.45) is 5.41 Å². The van der Waals surface area contributed by atoms with Crippen molar-refractivity contribution in [3.63, 3.8) is 0 Å². The zero-order valence-electron chi connectivity index (χ0n) is 9.86. The highest BCUT2D eigenvalue weighted by molar-refractivity contribution is 7.99. The second-order valence-corrected chi connectivity index (χ2v) is 6.04. The fourth-order valence-electron chi connectivity index (χ4n) is 1.99. The van der Waals surface area contributed by atoms with E-state index in [1.165, 1.54) is 0 Å². The molecule has 1 unspecified atom stereocenters. The Morgan fingerprint density at radius 3 is 2.62 bits per heavy atom. The maximum Gasteiger partial charge on any atom is 0.336 e. The zero-order valence-corrected chi connectivity index (χ0v) is 10.7. The SMILES string of the molecule is CC1(C)CSCC(OCCCO)(C(=O)O)C1. The maximum absolute atomic E-state index is 11.4. The third kappa shape index (κ3) is 3.37. The molecule has 16 heavy (non-hydrogen) atoms. The number of aliphatic carboxylic acids is 1. The molecule has 0 amide bonds. The van der Waals surface area contributed by atoms with Crippen LogP contribution < -0.4 is 0 Å². The third-order valence-corrected chi connectivity index (χ3v) is 4.32. The molecule has 1 aliphatic rings. The Morgan fingerprint density at radius 2 is 2.12 bits per heavy atom. The summed E-state index contributed by atoms with van der Waals surface area (Å²) >= 11 is 1.63. The van der Waals surface area contributed by atoms with Crippen molar-refractivity contribution in [1.82, 2.24) is 0 Å². The lowest BCUT2D eigenvalue weighted by molar-refractivity contribution is -0.167. The van der Waals surface area contributed by atoms with E-state index in [-0.39, 0.29) is 12.0 Å². The van der Waals surface area contributed by atoms with Crippen LogP contribution in [0.3, 0.4) is 0 Å². The van der Waals surface area contributed by atoms with Gasteiger partial charge in [-0.1, -0.05) is 13.8 Å². The molecule has 0 aromatic heterocycles. The number of hydrogen-bond acceptors (Lipinski definition) is 4. The van der Waals surface area contributed by atoms with E-state index in [1.807, 2.05) is 0 Å². The van der Waals surface area contributed by atoms with E-state index in [1.54, 1.807) is 11.8 Å². The van der Waals surface area contributed by atoms with Crippen LogP contribution in [0.15, 0.2) is 0 Å². The van der Waals surface area contributed by atoms with Crippen molar-refractivity contribution in [3.8, 4) is 0 Å². The Kier molecular flexibility index (Phi) is 4.64. The summed E-state index contributed by atoms with van der Waals surface area (Å²) in [6.07, 6.45) is 1.02. The molecule has 0 radical (unpaired) electrons. The maximum atomic E-state index is 11.4. The van der Waals surface area contributed by atoms with Crippen molar-refractivity contribution < 1.29 is 19.7 Å². The van der Waals surface area contributed by atoms with Gasteiger partial charge in [-0.15, -0.1) is 0 Å². The van der Waals surface area contributed by atoms with Crippen molar-refractivity contribution in [1.29, 1.82) is 0 Å². The second kappa shape index (κ2) is 5.38. The lowest BCUT2D eigenvalue weighted by Crippen LogP contribution is -2.51. The third-order valence-electron chi connectivity index (χ3n) is 2.66. The van der Waals surface area contributed by atoms with E-state index < -0.39 is 11.6 Å². The predicted molar refractivity (Wildman–Crippen MR) is 63.7 cm³/mol.